The smallest absolute Gasteiger partial charge is 0.261 e. The molecule has 7 heteroatoms. The highest BCUT2D eigenvalue weighted by atomic mass is 16.5. The number of carbonyl (C=O) groups is 2. The van der Waals surface area contributed by atoms with Crippen molar-refractivity contribution in [2.45, 2.75) is 40.5 Å². The average Bonchev–Trinajstić information content (AvgIpc) is 2.71. The van der Waals surface area contributed by atoms with Crippen LogP contribution >= 0.6 is 0 Å². The Morgan fingerprint density at radius 2 is 1.81 bits per heavy atom. The van der Waals surface area contributed by atoms with Gasteiger partial charge in [0.25, 0.3) is 11.5 Å². The van der Waals surface area contributed by atoms with Gasteiger partial charge in [-0.05, 0) is 55.3 Å². The molecule has 31 heavy (non-hydrogen) atoms. The molecule has 166 valence electrons. The summed E-state index contributed by atoms with van der Waals surface area (Å²) in [5.74, 6) is 0.115. The molecule has 7 nitrogen and oxygen atoms in total. The number of aromatic amines is 1. The Morgan fingerprint density at radius 1 is 1.13 bits per heavy atom. The zero-order chi connectivity index (χ0) is 22.6. The summed E-state index contributed by atoms with van der Waals surface area (Å²) >= 11 is 0. The van der Waals surface area contributed by atoms with E-state index in [9.17, 15) is 14.4 Å². The first-order valence-electron chi connectivity index (χ1n) is 10.8. The molecule has 2 aromatic rings. The second kappa shape index (κ2) is 9.47. The number of Topliss-reactive ketones (excluding diaryl/α,β-unsaturated/α-hetero) is 1. The maximum Gasteiger partial charge on any atom is 0.261 e. The van der Waals surface area contributed by atoms with Crippen LogP contribution in [0.25, 0.3) is 0 Å². The Hall–Kier alpha value is -2.93. The fourth-order valence-corrected chi connectivity index (χ4v) is 3.86. The molecule has 0 unspecified atom stereocenters. The van der Waals surface area contributed by atoms with Crippen molar-refractivity contribution in [3.8, 4) is 5.75 Å². The highest BCUT2D eigenvalue weighted by Gasteiger charge is 2.32. The van der Waals surface area contributed by atoms with Crippen molar-refractivity contribution in [3.05, 3.63) is 57.5 Å². The SMILES string of the molecule is CCN(CC)CCOc1ccc(NC(=O)c2cc3c([nH]c2=O)CC(C)(C)CC3=O)cc1. The Balaban J connectivity index is 1.66. The van der Waals surface area contributed by atoms with E-state index in [0.717, 1.165) is 19.6 Å². The Bertz CT molecular complexity index is 1000. The van der Waals surface area contributed by atoms with E-state index in [1.165, 1.54) is 6.07 Å². The standard InChI is InChI=1S/C24H31N3O4/c1-5-27(6-2)11-12-31-17-9-7-16(8-10-17)25-22(29)19-13-18-20(26-23(19)30)14-24(3,4)15-21(18)28/h7-10,13H,5-6,11-12,14-15H2,1-4H3,(H,25,29)(H,26,30). The van der Waals surface area contributed by atoms with Crippen molar-refractivity contribution in [1.29, 1.82) is 0 Å². The van der Waals surface area contributed by atoms with E-state index in [0.29, 0.717) is 42.1 Å². The number of pyridine rings is 1. The van der Waals surface area contributed by atoms with E-state index >= 15 is 0 Å². The predicted octanol–water partition coefficient (Wildman–Crippen LogP) is 3.50. The van der Waals surface area contributed by atoms with Gasteiger partial charge in [0.1, 0.15) is 17.9 Å². The van der Waals surface area contributed by atoms with Crippen LogP contribution in [0.2, 0.25) is 0 Å². The van der Waals surface area contributed by atoms with Gasteiger partial charge in [-0.15, -0.1) is 0 Å². The van der Waals surface area contributed by atoms with E-state index in [2.05, 4.69) is 29.0 Å². The lowest BCUT2D eigenvalue weighted by Crippen LogP contribution is -2.32. The van der Waals surface area contributed by atoms with Gasteiger partial charge in [0.15, 0.2) is 5.78 Å². The van der Waals surface area contributed by atoms with E-state index in [1.54, 1.807) is 24.3 Å². The van der Waals surface area contributed by atoms with Crippen molar-refractivity contribution < 1.29 is 14.3 Å². The van der Waals surface area contributed by atoms with Crippen LogP contribution in [0.1, 0.15) is 60.5 Å². The second-order valence-corrected chi connectivity index (χ2v) is 8.70. The third-order valence-corrected chi connectivity index (χ3v) is 5.65. The lowest BCUT2D eigenvalue weighted by atomic mass is 9.75. The number of H-pyrrole nitrogens is 1. The van der Waals surface area contributed by atoms with Crippen molar-refractivity contribution in [1.82, 2.24) is 9.88 Å². The Labute approximate surface area is 182 Å². The van der Waals surface area contributed by atoms with E-state index in [1.807, 2.05) is 13.8 Å². The maximum atomic E-state index is 12.7. The topological polar surface area (TPSA) is 91.5 Å². The highest BCUT2D eigenvalue weighted by molar-refractivity contribution is 6.06. The molecule has 1 aliphatic rings. The molecule has 0 aliphatic heterocycles. The number of benzene rings is 1. The van der Waals surface area contributed by atoms with Crippen LogP contribution in [0, 0.1) is 5.41 Å². The number of aromatic nitrogens is 1. The second-order valence-electron chi connectivity index (χ2n) is 8.70. The molecule has 1 amide bonds. The van der Waals surface area contributed by atoms with Crippen molar-refractivity contribution in [2.75, 3.05) is 31.6 Å². The fourth-order valence-electron chi connectivity index (χ4n) is 3.86. The predicted molar refractivity (Wildman–Crippen MR) is 121 cm³/mol. The van der Waals surface area contributed by atoms with E-state index in [4.69, 9.17) is 4.74 Å². The number of ketones is 1. The molecule has 1 aliphatic carbocycles. The number of amides is 1. The largest absolute Gasteiger partial charge is 0.492 e. The zero-order valence-electron chi connectivity index (χ0n) is 18.7. The first-order chi connectivity index (χ1) is 14.7. The minimum absolute atomic E-state index is 0.0530. The summed E-state index contributed by atoms with van der Waals surface area (Å²) in [6.07, 6.45) is 0.990. The molecule has 1 aromatic heterocycles. The third-order valence-electron chi connectivity index (χ3n) is 5.65. The van der Waals surface area contributed by atoms with Gasteiger partial charge in [0, 0.05) is 29.9 Å². The van der Waals surface area contributed by atoms with Crippen LogP contribution < -0.4 is 15.6 Å². The van der Waals surface area contributed by atoms with Gasteiger partial charge in [0.05, 0.1) is 0 Å². The van der Waals surface area contributed by atoms with E-state index in [-0.39, 0.29) is 16.8 Å². The molecular formula is C24H31N3O4. The average molecular weight is 426 g/mol. The van der Waals surface area contributed by atoms with Crippen LogP contribution in [0.15, 0.2) is 35.1 Å². The summed E-state index contributed by atoms with van der Waals surface area (Å²) in [4.78, 5) is 42.6. The quantitative estimate of drug-likeness (QED) is 0.675. The van der Waals surface area contributed by atoms with Crippen molar-refractivity contribution >= 4 is 17.4 Å². The summed E-state index contributed by atoms with van der Waals surface area (Å²) in [6.45, 7) is 11.6. The number of likely N-dealkylation sites (N-methyl/N-ethyl adjacent to an activating group) is 1. The molecular weight excluding hydrogens is 394 g/mol. The third kappa shape index (κ3) is 5.61. The molecule has 2 N–H and O–H groups in total. The summed E-state index contributed by atoms with van der Waals surface area (Å²) < 4.78 is 5.75. The van der Waals surface area contributed by atoms with E-state index < -0.39 is 11.5 Å². The number of carbonyl (C=O) groups excluding carboxylic acids is 2. The lowest BCUT2D eigenvalue weighted by molar-refractivity contribution is 0.0910. The minimum atomic E-state index is -0.545. The number of ether oxygens (including phenoxy) is 1. The number of nitrogens with one attached hydrogen (secondary N) is 2. The van der Waals surface area contributed by atoms with Crippen LogP contribution in [0.4, 0.5) is 5.69 Å². The number of rotatable bonds is 8. The Morgan fingerprint density at radius 3 is 2.45 bits per heavy atom. The summed E-state index contributed by atoms with van der Waals surface area (Å²) in [7, 11) is 0. The molecule has 1 aromatic carbocycles. The minimum Gasteiger partial charge on any atom is -0.492 e. The van der Waals surface area contributed by atoms with Crippen LogP contribution in [-0.4, -0.2) is 47.8 Å². The van der Waals surface area contributed by atoms with Crippen molar-refractivity contribution in [2.24, 2.45) is 5.41 Å². The van der Waals surface area contributed by atoms with Crippen LogP contribution in [-0.2, 0) is 6.42 Å². The fraction of sp³-hybridized carbons (Fsp3) is 0.458. The molecule has 0 fully saturated rings. The summed E-state index contributed by atoms with van der Waals surface area (Å²) in [5.41, 5.74) is 0.830. The summed E-state index contributed by atoms with van der Waals surface area (Å²) in [6, 6.07) is 8.43. The molecule has 0 bridgehead atoms. The van der Waals surface area contributed by atoms with Gasteiger partial charge in [-0.25, -0.2) is 0 Å². The van der Waals surface area contributed by atoms with Crippen molar-refractivity contribution in [3.63, 3.8) is 0 Å². The number of hydrogen-bond acceptors (Lipinski definition) is 5. The normalized spacial score (nSPS) is 14.9. The first-order valence-corrected chi connectivity index (χ1v) is 10.8. The van der Waals surface area contributed by atoms with Gasteiger partial charge in [0.2, 0.25) is 0 Å². The van der Waals surface area contributed by atoms with Gasteiger partial charge >= 0.3 is 0 Å². The lowest BCUT2D eigenvalue weighted by Gasteiger charge is -2.29. The van der Waals surface area contributed by atoms with Crippen LogP contribution in [0.5, 0.6) is 5.75 Å². The number of fused-ring (bicyclic) bond motifs is 1. The summed E-state index contributed by atoms with van der Waals surface area (Å²) in [5, 5.41) is 2.72. The number of nitrogens with zero attached hydrogens (tertiary/aromatic N) is 1. The molecule has 0 atom stereocenters. The van der Waals surface area contributed by atoms with Gasteiger partial charge in [-0.2, -0.15) is 0 Å². The number of anilines is 1. The van der Waals surface area contributed by atoms with Gasteiger partial charge in [-0.3, -0.25) is 14.4 Å². The molecule has 3 rings (SSSR count). The van der Waals surface area contributed by atoms with Crippen LogP contribution in [0.3, 0.4) is 0 Å². The molecule has 0 saturated carbocycles. The molecule has 0 saturated heterocycles. The molecule has 1 heterocycles. The van der Waals surface area contributed by atoms with Gasteiger partial charge < -0.3 is 19.9 Å². The zero-order valence-corrected chi connectivity index (χ0v) is 18.7. The first kappa shape index (κ1) is 22.7. The maximum absolute atomic E-state index is 12.7. The number of hydrogen-bond donors (Lipinski definition) is 2. The Kier molecular flexibility index (Phi) is 6.95. The monoisotopic (exact) mass is 425 g/mol. The highest BCUT2D eigenvalue weighted by Crippen LogP contribution is 2.33. The van der Waals surface area contributed by atoms with Gasteiger partial charge in [-0.1, -0.05) is 27.7 Å². The molecule has 0 radical (unpaired) electrons. The molecule has 0 spiro atoms.